The van der Waals surface area contributed by atoms with Crippen molar-refractivity contribution in [2.24, 2.45) is 7.05 Å². The molecule has 8 nitrogen and oxygen atoms in total. The van der Waals surface area contributed by atoms with E-state index in [-0.39, 0.29) is 0 Å². The first-order chi connectivity index (χ1) is 8.00. The summed E-state index contributed by atoms with van der Waals surface area (Å²) in [4.78, 5) is 10.9. The number of carboxylic acid groups (broad SMARTS) is 1. The summed E-state index contributed by atoms with van der Waals surface area (Å²) < 4.78 is 2.88. The summed E-state index contributed by atoms with van der Waals surface area (Å²) in [7, 11) is 1.76. The number of carboxylic acids is 1. The molecule has 8 heteroatoms. The molecule has 0 aliphatic heterocycles. The first-order valence-electron chi connectivity index (χ1n) is 5.02. The minimum absolute atomic E-state index is 0.392. The largest absolute Gasteiger partial charge is 0.480 e. The number of aromatic nitrogens is 6. The molecule has 90 valence electrons. The Bertz CT molecular complexity index is 558. The highest BCUT2D eigenvalue weighted by atomic mass is 16.4. The van der Waals surface area contributed by atoms with Crippen LogP contribution in [0.15, 0.2) is 6.07 Å². The quantitative estimate of drug-likeness (QED) is 0.807. The second kappa shape index (κ2) is 3.96. The van der Waals surface area contributed by atoms with Gasteiger partial charge in [-0.15, -0.1) is 5.10 Å². The van der Waals surface area contributed by atoms with Gasteiger partial charge in [0.05, 0.1) is 5.69 Å². The van der Waals surface area contributed by atoms with E-state index >= 15 is 0 Å². The van der Waals surface area contributed by atoms with Gasteiger partial charge in [0.15, 0.2) is 6.04 Å². The van der Waals surface area contributed by atoms with Crippen molar-refractivity contribution in [2.75, 3.05) is 0 Å². The first-order valence-corrected chi connectivity index (χ1v) is 5.02. The van der Waals surface area contributed by atoms with E-state index in [0.717, 1.165) is 5.69 Å². The maximum absolute atomic E-state index is 10.9. The van der Waals surface area contributed by atoms with Crippen molar-refractivity contribution in [3.05, 3.63) is 11.8 Å². The van der Waals surface area contributed by atoms with E-state index in [4.69, 9.17) is 5.11 Å². The van der Waals surface area contributed by atoms with Crippen LogP contribution in [0.1, 0.15) is 18.7 Å². The Kier molecular flexibility index (Phi) is 2.62. The van der Waals surface area contributed by atoms with Crippen molar-refractivity contribution in [1.29, 1.82) is 0 Å². The highest BCUT2D eigenvalue weighted by Crippen LogP contribution is 2.19. The van der Waals surface area contributed by atoms with Crippen molar-refractivity contribution in [2.45, 2.75) is 19.9 Å². The fourth-order valence-corrected chi connectivity index (χ4v) is 1.55. The van der Waals surface area contributed by atoms with Gasteiger partial charge in [-0.25, -0.2) is 9.48 Å². The fraction of sp³-hybridized carbons (Fsp3) is 0.444. The molecule has 0 radical (unpaired) electrons. The van der Waals surface area contributed by atoms with E-state index in [9.17, 15) is 4.79 Å². The topological polar surface area (TPSA) is 98.7 Å². The molecule has 0 aliphatic carbocycles. The van der Waals surface area contributed by atoms with Gasteiger partial charge in [-0.3, -0.25) is 4.68 Å². The van der Waals surface area contributed by atoms with Gasteiger partial charge in [0.25, 0.3) is 0 Å². The van der Waals surface area contributed by atoms with Crippen LogP contribution in [-0.4, -0.2) is 41.1 Å². The molecule has 0 spiro atoms. The first kappa shape index (κ1) is 11.2. The molecule has 17 heavy (non-hydrogen) atoms. The minimum atomic E-state index is -0.988. The zero-order chi connectivity index (χ0) is 12.6. The van der Waals surface area contributed by atoms with Gasteiger partial charge in [-0.1, -0.05) is 0 Å². The normalized spacial score (nSPS) is 12.6. The van der Waals surface area contributed by atoms with Crippen molar-refractivity contribution in [3.8, 4) is 11.5 Å². The van der Waals surface area contributed by atoms with Crippen LogP contribution >= 0.6 is 0 Å². The molecule has 1 atom stereocenters. The Balaban J connectivity index is 2.50. The van der Waals surface area contributed by atoms with Crippen LogP contribution in [0.5, 0.6) is 0 Å². The smallest absolute Gasteiger partial charge is 0.328 e. The summed E-state index contributed by atoms with van der Waals surface area (Å²) in [5.41, 5.74) is 1.50. The molecule has 1 unspecified atom stereocenters. The third kappa shape index (κ3) is 1.88. The van der Waals surface area contributed by atoms with E-state index in [0.29, 0.717) is 11.5 Å². The van der Waals surface area contributed by atoms with E-state index < -0.39 is 12.0 Å². The monoisotopic (exact) mass is 236 g/mol. The van der Waals surface area contributed by atoms with Gasteiger partial charge < -0.3 is 5.11 Å². The van der Waals surface area contributed by atoms with Crippen LogP contribution in [0.3, 0.4) is 0 Å². The Hall–Kier alpha value is -2.25. The summed E-state index contributed by atoms with van der Waals surface area (Å²) in [6, 6.07) is 0.978. The molecule has 2 heterocycles. The Morgan fingerprint density at radius 2 is 2.24 bits per heavy atom. The van der Waals surface area contributed by atoms with Crippen LogP contribution in [-0.2, 0) is 11.8 Å². The molecule has 0 amide bonds. The second-order valence-electron chi connectivity index (χ2n) is 3.76. The average Bonchev–Trinajstić information content (AvgIpc) is 2.83. The molecule has 2 rings (SSSR count). The number of tetrazole rings is 1. The minimum Gasteiger partial charge on any atom is -0.480 e. The van der Waals surface area contributed by atoms with Gasteiger partial charge in [0.1, 0.15) is 5.69 Å². The van der Waals surface area contributed by atoms with Crippen molar-refractivity contribution < 1.29 is 9.90 Å². The number of rotatable bonds is 3. The van der Waals surface area contributed by atoms with Crippen molar-refractivity contribution in [3.63, 3.8) is 0 Å². The fourth-order valence-electron chi connectivity index (χ4n) is 1.55. The zero-order valence-corrected chi connectivity index (χ0v) is 9.69. The summed E-state index contributed by atoms with van der Waals surface area (Å²) in [5.74, 6) is -0.597. The second-order valence-corrected chi connectivity index (χ2v) is 3.76. The number of hydrogen-bond donors (Lipinski definition) is 1. The lowest BCUT2D eigenvalue weighted by Crippen LogP contribution is -2.18. The number of carbonyl (C=O) groups is 1. The Morgan fingerprint density at radius 1 is 1.53 bits per heavy atom. The molecule has 2 aromatic rings. The lowest BCUT2D eigenvalue weighted by Gasteiger charge is -2.08. The molecule has 0 saturated carbocycles. The summed E-state index contributed by atoms with van der Waals surface area (Å²) in [6.07, 6.45) is 0. The average molecular weight is 236 g/mol. The molecule has 0 saturated heterocycles. The molecular formula is C9H12N6O2. The van der Waals surface area contributed by atoms with Crippen LogP contribution in [0.25, 0.3) is 11.5 Å². The van der Waals surface area contributed by atoms with Gasteiger partial charge >= 0.3 is 5.97 Å². The zero-order valence-electron chi connectivity index (χ0n) is 9.69. The van der Waals surface area contributed by atoms with Crippen LogP contribution in [0, 0.1) is 6.92 Å². The van der Waals surface area contributed by atoms with Gasteiger partial charge in [-0.2, -0.15) is 5.10 Å². The Labute approximate surface area is 96.9 Å². The predicted octanol–water partition coefficient (Wildman–Crippen LogP) is 0.0276. The lowest BCUT2D eigenvalue weighted by atomic mass is 10.3. The molecule has 1 N–H and O–H groups in total. The van der Waals surface area contributed by atoms with Crippen LogP contribution in [0.2, 0.25) is 0 Å². The summed E-state index contributed by atoms with van der Waals surface area (Å²) in [5, 5.41) is 24.2. The molecule has 0 bridgehead atoms. The van der Waals surface area contributed by atoms with E-state index in [1.54, 1.807) is 17.8 Å². The third-order valence-corrected chi connectivity index (χ3v) is 2.45. The number of aliphatic carboxylic acids is 1. The molecule has 0 aliphatic rings. The van der Waals surface area contributed by atoms with Crippen molar-refractivity contribution >= 4 is 5.97 Å². The van der Waals surface area contributed by atoms with Gasteiger partial charge in [0.2, 0.25) is 5.82 Å². The molecular weight excluding hydrogens is 224 g/mol. The highest BCUT2D eigenvalue weighted by molar-refractivity contribution is 5.72. The third-order valence-electron chi connectivity index (χ3n) is 2.45. The maximum Gasteiger partial charge on any atom is 0.328 e. The number of aryl methyl sites for hydroxylation is 2. The highest BCUT2D eigenvalue weighted by Gasteiger charge is 2.22. The molecule has 0 fully saturated rings. The SMILES string of the molecule is Cc1cc(-c2nnnn2C(C)C(=O)O)n(C)n1. The van der Waals surface area contributed by atoms with Gasteiger partial charge in [-0.05, 0) is 30.3 Å². The lowest BCUT2D eigenvalue weighted by molar-refractivity contribution is -0.140. The summed E-state index contributed by atoms with van der Waals surface area (Å²) >= 11 is 0. The van der Waals surface area contributed by atoms with E-state index in [2.05, 4.69) is 20.6 Å². The van der Waals surface area contributed by atoms with Crippen molar-refractivity contribution in [1.82, 2.24) is 30.0 Å². The summed E-state index contributed by atoms with van der Waals surface area (Å²) in [6.45, 7) is 3.36. The number of nitrogens with zero attached hydrogens (tertiary/aromatic N) is 6. The standard InChI is InChI=1S/C9H12N6O2/c1-5-4-7(14(3)11-5)8-10-12-13-15(8)6(2)9(16)17/h4,6H,1-3H3,(H,16,17). The van der Waals surface area contributed by atoms with Gasteiger partial charge in [0, 0.05) is 7.05 Å². The molecule has 2 aromatic heterocycles. The number of hydrogen-bond acceptors (Lipinski definition) is 5. The Morgan fingerprint density at radius 3 is 2.76 bits per heavy atom. The van der Waals surface area contributed by atoms with E-state index in [1.165, 1.54) is 11.6 Å². The van der Waals surface area contributed by atoms with E-state index in [1.807, 2.05) is 6.92 Å². The predicted molar refractivity (Wildman–Crippen MR) is 57.1 cm³/mol. The maximum atomic E-state index is 10.9. The molecule has 0 aromatic carbocycles. The van der Waals surface area contributed by atoms with Crippen LogP contribution in [0.4, 0.5) is 0 Å². The van der Waals surface area contributed by atoms with Crippen LogP contribution < -0.4 is 0 Å².